The van der Waals surface area contributed by atoms with Crippen LogP contribution >= 0.6 is 0 Å². The summed E-state index contributed by atoms with van der Waals surface area (Å²) < 4.78 is 39.9. The van der Waals surface area contributed by atoms with Gasteiger partial charge in [0.05, 0.1) is 17.7 Å². The Morgan fingerprint density at radius 3 is 3.00 bits per heavy atom. The summed E-state index contributed by atoms with van der Waals surface area (Å²) in [6.07, 6.45) is 4.25. The second-order valence-corrected chi connectivity index (χ2v) is 6.54. The van der Waals surface area contributed by atoms with E-state index in [0.717, 1.165) is 23.0 Å². The van der Waals surface area contributed by atoms with Gasteiger partial charge in [0.25, 0.3) is 0 Å². The van der Waals surface area contributed by atoms with E-state index in [1.165, 1.54) is 6.33 Å². The lowest BCUT2D eigenvalue weighted by Crippen LogP contribution is -2.31. The van der Waals surface area contributed by atoms with Crippen molar-refractivity contribution in [3.8, 4) is 0 Å². The van der Waals surface area contributed by atoms with E-state index in [-0.39, 0.29) is 18.8 Å². The van der Waals surface area contributed by atoms with Crippen LogP contribution < -0.4 is 10.5 Å². The third-order valence-electron chi connectivity index (χ3n) is 3.76. The molecular formula is C12H17N5O4S. The molecule has 4 N–H and O–H groups in total. The Morgan fingerprint density at radius 1 is 1.50 bits per heavy atom. The first-order valence-corrected chi connectivity index (χ1v) is 8.22. The van der Waals surface area contributed by atoms with Crippen molar-refractivity contribution in [1.29, 1.82) is 0 Å². The molecule has 2 aromatic rings. The number of nitrogens with two attached hydrogens (primary N) is 1. The fourth-order valence-corrected chi connectivity index (χ4v) is 3.20. The summed E-state index contributed by atoms with van der Waals surface area (Å²) in [6, 6.07) is 0. The quantitative estimate of drug-likeness (QED) is 0.681. The van der Waals surface area contributed by atoms with Gasteiger partial charge in [-0.15, -0.1) is 0 Å². The second-order valence-electron chi connectivity index (χ2n) is 5.30. The van der Waals surface area contributed by atoms with Crippen LogP contribution in [0.4, 0.5) is 5.82 Å². The molecule has 1 saturated heterocycles. The molecule has 120 valence electrons. The Balaban J connectivity index is 1.80. The van der Waals surface area contributed by atoms with E-state index in [4.69, 9.17) is 15.0 Å². The molecule has 0 aromatic carbocycles. The summed E-state index contributed by atoms with van der Waals surface area (Å²) >= 11 is 0. The van der Waals surface area contributed by atoms with Crippen LogP contribution in [0.15, 0.2) is 12.5 Å². The Labute approximate surface area is 127 Å². The molecule has 1 aliphatic heterocycles. The highest BCUT2D eigenvalue weighted by Crippen LogP contribution is 2.37. The topological polar surface area (TPSA) is 132 Å². The fraction of sp³-hybridized carbons (Fsp3) is 0.500. The van der Waals surface area contributed by atoms with Crippen LogP contribution in [-0.4, -0.2) is 40.2 Å². The molecule has 10 heteroatoms. The molecule has 0 aliphatic carbocycles. The number of aromatic nitrogens is 3. The standard InChI is InChI=1S/C12H17N5O4S/c1-17-5-8(10-11(17)12(13)15-6-14-10)9-3-2-7(21-9)4-16-22(18,19)20/h5-7,9,16H,2-4H2,1H3,(H2,13,14,15)(H,18,19,20)/t7-,9+/m0/s1. The molecule has 9 nitrogen and oxygen atoms in total. The van der Waals surface area contributed by atoms with E-state index in [0.29, 0.717) is 12.2 Å². The Hall–Kier alpha value is -1.75. The molecule has 3 rings (SSSR count). The number of fused-ring (bicyclic) bond motifs is 1. The molecular weight excluding hydrogens is 310 g/mol. The maximum atomic E-state index is 10.7. The molecule has 2 atom stereocenters. The molecule has 1 fully saturated rings. The number of nitrogens with zero attached hydrogens (tertiary/aromatic N) is 3. The minimum atomic E-state index is -4.20. The molecule has 0 unspecified atom stereocenters. The van der Waals surface area contributed by atoms with Crippen molar-refractivity contribution < 1.29 is 17.7 Å². The number of hydrogen-bond donors (Lipinski definition) is 3. The second kappa shape index (κ2) is 5.47. The lowest BCUT2D eigenvalue weighted by atomic mass is 10.1. The monoisotopic (exact) mass is 327 g/mol. The van der Waals surface area contributed by atoms with E-state index in [1.807, 2.05) is 22.5 Å². The maximum absolute atomic E-state index is 10.7. The third kappa shape index (κ3) is 2.90. The van der Waals surface area contributed by atoms with Gasteiger partial charge in [0.1, 0.15) is 11.8 Å². The van der Waals surface area contributed by atoms with Crippen LogP contribution in [0.3, 0.4) is 0 Å². The maximum Gasteiger partial charge on any atom is 0.333 e. The Bertz CT molecular complexity index is 803. The number of aryl methyl sites for hydroxylation is 1. The lowest BCUT2D eigenvalue weighted by molar-refractivity contribution is 0.0481. The van der Waals surface area contributed by atoms with Gasteiger partial charge >= 0.3 is 10.3 Å². The number of hydrogen-bond acceptors (Lipinski definition) is 6. The first-order chi connectivity index (χ1) is 10.3. The predicted octanol–water partition coefficient (Wildman–Crippen LogP) is 0.163. The van der Waals surface area contributed by atoms with Crippen molar-refractivity contribution in [2.45, 2.75) is 25.0 Å². The van der Waals surface area contributed by atoms with Crippen molar-refractivity contribution in [3.05, 3.63) is 18.1 Å². The summed E-state index contributed by atoms with van der Waals surface area (Å²) in [5.74, 6) is 0.404. The first-order valence-electron chi connectivity index (χ1n) is 6.78. The Kier molecular flexibility index (Phi) is 3.77. The molecule has 1 aliphatic rings. The number of rotatable bonds is 4. The van der Waals surface area contributed by atoms with Crippen LogP contribution in [0, 0.1) is 0 Å². The largest absolute Gasteiger partial charge is 0.382 e. The number of nitrogens with one attached hydrogen (secondary N) is 1. The van der Waals surface area contributed by atoms with Crippen molar-refractivity contribution in [3.63, 3.8) is 0 Å². The van der Waals surface area contributed by atoms with Gasteiger partial charge in [0.15, 0.2) is 5.82 Å². The van der Waals surface area contributed by atoms with Crippen molar-refractivity contribution >= 4 is 27.2 Å². The minimum absolute atomic E-state index is 0.0389. The molecule has 2 aromatic heterocycles. The number of nitrogen functional groups attached to an aromatic ring is 1. The van der Waals surface area contributed by atoms with Gasteiger partial charge in [0, 0.05) is 25.4 Å². The van der Waals surface area contributed by atoms with E-state index >= 15 is 0 Å². The van der Waals surface area contributed by atoms with Crippen LogP contribution in [0.5, 0.6) is 0 Å². The number of anilines is 1. The van der Waals surface area contributed by atoms with Gasteiger partial charge in [-0.05, 0) is 12.8 Å². The van der Waals surface area contributed by atoms with Gasteiger partial charge in [-0.1, -0.05) is 0 Å². The summed E-state index contributed by atoms with van der Waals surface area (Å²) in [6.45, 7) is 0.0389. The Morgan fingerprint density at radius 2 is 2.27 bits per heavy atom. The molecule has 22 heavy (non-hydrogen) atoms. The predicted molar refractivity (Wildman–Crippen MR) is 79.3 cm³/mol. The van der Waals surface area contributed by atoms with Crippen molar-refractivity contribution in [2.24, 2.45) is 7.05 Å². The van der Waals surface area contributed by atoms with Crippen molar-refractivity contribution in [2.75, 3.05) is 12.3 Å². The van der Waals surface area contributed by atoms with Gasteiger partial charge in [-0.3, -0.25) is 4.55 Å². The molecule has 0 bridgehead atoms. The number of ether oxygens (including phenoxy) is 1. The zero-order valence-electron chi connectivity index (χ0n) is 11.9. The highest BCUT2D eigenvalue weighted by Gasteiger charge is 2.30. The van der Waals surface area contributed by atoms with Crippen molar-refractivity contribution in [1.82, 2.24) is 19.3 Å². The first kappa shape index (κ1) is 15.2. The zero-order chi connectivity index (χ0) is 15.9. The van der Waals surface area contributed by atoms with Crippen LogP contribution in [0.25, 0.3) is 11.0 Å². The van der Waals surface area contributed by atoms with E-state index in [1.54, 1.807) is 0 Å². The average molecular weight is 327 g/mol. The van der Waals surface area contributed by atoms with Gasteiger partial charge < -0.3 is 15.0 Å². The van der Waals surface area contributed by atoms with Crippen LogP contribution in [0.1, 0.15) is 24.5 Å². The normalized spacial score (nSPS) is 22.5. The fourth-order valence-electron chi connectivity index (χ4n) is 2.80. The van der Waals surface area contributed by atoms with Gasteiger partial charge in [0.2, 0.25) is 0 Å². The smallest absolute Gasteiger partial charge is 0.333 e. The van der Waals surface area contributed by atoms with E-state index < -0.39 is 10.3 Å². The van der Waals surface area contributed by atoms with Crippen LogP contribution in [0.2, 0.25) is 0 Å². The summed E-state index contributed by atoms with van der Waals surface area (Å²) in [7, 11) is -2.34. The average Bonchev–Trinajstić information content (AvgIpc) is 3.01. The molecule has 0 radical (unpaired) electrons. The molecule has 3 heterocycles. The van der Waals surface area contributed by atoms with Crippen LogP contribution in [-0.2, 0) is 22.1 Å². The zero-order valence-corrected chi connectivity index (χ0v) is 12.7. The SMILES string of the molecule is Cn1cc([C@H]2CC[C@@H](CNS(=O)(=O)O)O2)c2ncnc(N)c21. The molecule has 0 saturated carbocycles. The summed E-state index contributed by atoms with van der Waals surface area (Å²) in [5, 5.41) is 0. The highest BCUT2D eigenvalue weighted by molar-refractivity contribution is 7.83. The van der Waals surface area contributed by atoms with E-state index in [2.05, 4.69) is 9.97 Å². The summed E-state index contributed by atoms with van der Waals surface area (Å²) in [5.41, 5.74) is 8.27. The highest BCUT2D eigenvalue weighted by atomic mass is 32.2. The van der Waals surface area contributed by atoms with Gasteiger partial charge in [-0.2, -0.15) is 13.1 Å². The third-order valence-corrected chi connectivity index (χ3v) is 4.29. The molecule has 0 spiro atoms. The molecule has 0 amide bonds. The van der Waals surface area contributed by atoms with E-state index in [9.17, 15) is 8.42 Å². The minimum Gasteiger partial charge on any atom is -0.382 e. The van der Waals surface area contributed by atoms with Gasteiger partial charge in [-0.25, -0.2) is 9.97 Å². The lowest BCUT2D eigenvalue weighted by Gasteiger charge is -2.12. The summed E-state index contributed by atoms with van der Waals surface area (Å²) in [4.78, 5) is 8.25.